The Balaban J connectivity index is 1.77. The number of hydrogen-bond acceptors (Lipinski definition) is 5. The predicted octanol–water partition coefficient (Wildman–Crippen LogP) is 0.197. The van der Waals surface area contributed by atoms with Crippen molar-refractivity contribution in [3.8, 4) is 0 Å². The van der Waals surface area contributed by atoms with Gasteiger partial charge < -0.3 is 22.1 Å². The number of piperazine rings is 1. The van der Waals surface area contributed by atoms with Crippen LogP contribution in [-0.4, -0.2) is 74.5 Å². The fourth-order valence-electron chi connectivity index (χ4n) is 3.05. The monoisotopic (exact) mass is 439 g/mol. The third-order valence-corrected chi connectivity index (χ3v) is 4.82. The highest BCUT2D eigenvalue weighted by Crippen LogP contribution is 2.23. The first kappa shape index (κ1) is 21.6. The number of nitrogens with one attached hydrogen (secondary N) is 2. The van der Waals surface area contributed by atoms with Gasteiger partial charge in [-0.05, 0) is 43.8 Å². The molecule has 27 heavy (non-hydrogen) atoms. The van der Waals surface area contributed by atoms with Gasteiger partial charge in [0.2, 0.25) is 5.91 Å². The highest BCUT2D eigenvalue weighted by molar-refractivity contribution is 9.10. The number of hydrogen-bond donors (Lipinski definition) is 4. The van der Waals surface area contributed by atoms with Crippen LogP contribution in [0.25, 0.3) is 0 Å². The fraction of sp³-hybridized carbons (Fsp3) is 0.556. The van der Waals surface area contributed by atoms with Gasteiger partial charge >= 0.3 is 0 Å². The number of guanidine groups is 1. The second-order valence-electron chi connectivity index (χ2n) is 6.71. The van der Waals surface area contributed by atoms with E-state index in [1.807, 2.05) is 19.2 Å². The smallest absolute Gasteiger partial charge is 0.234 e. The van der Waals surface area contributed by atoms with E-state index in [9.17, 15) is 4.79 Å². The molecule has 2 rings (SSSR count). The molecule has 0 spiro atoms. The molecule has 1 aromatic rings. The largest absolute Gasteiger partial charge is 0.370 e. The van der Waals surface area contributed by atoms with Crippen LogP contribution in [0.3, 0.4) is 0 Å². The summed E-state index contributed by atoms with van der Waals surface area (Å²) in [5, 5.41) is 6.05. The van der Waals surface area contributed by atoms with Gasteiger partial charge in [0.1, 0.15) is 0 Å². The van der Waals surface area contributed by atoms with Crippen molar-refractivity contribution in [2.24, 2.45) is 16.5 Å². The minimum absolute atomic E-state index is 0.0527. The number of carbonyl (C=O) groups excluding carboxylic acids is 1. The summed E-state index contributed by atoms with van der Waals surface area (Å²) in [4.78, 5) is 20.7. The molecular weight excluding hydrogens is 410 g/mol. The lowest BCUT2D eigenvalue weighted by molar-refractivity contribution is -0.122. The van der Waals surface area contributed by atoms with E-state index in [1.165, 1.54) is 0 Å². The Kier molecular flexibility index (Phi) is 8.99. The standard InChI is InChI=1S/C18H30BrN7O/c1-22-3-2-4-23-17(27)13-26-7-5-25(6-8-26)12-14-9-15(19)11-16(10-14)24-18(20)21/h9-11,22H,2-8,12-13H2,1H3,(H,23,27)(H4,20,21,24). The molecule has 1 heterocycles. The van der Waals surface area contributed by atoms with E-state index < -0.39 is 0 Å². The summed E-state index contributed by atoms with van der Waals surface area (Å²) in [5.74, 6) is 0.158. The summed E-state index contributed by atoms with van der Waals surface area (Å²) in [6, 6.07) is 5.96. The molecule has 0 unspecified atom stereocenters. The van der Waals surface area contributed by atoms with Gasteiger partial charge in [-0.25, -0.2) is 4.99 Å². The molecule has 0 aliphatic carbocycles. The molecule has 0 atom stereocenters. The second-order valence-corrected chi connectivity index (χ2v) is 7.63. The molecule has 0 aromatic heterocycles. The van der Waals surface area contributed by atoms with Gasteiger partial charge in [0, 0.05) is 43.7 Å². The van der Waals surface area contributed by atoms with E-state index in [4.69, 9.17) is 11.5 Å². The quantitative estimate of drug-likeness (QED) is 0.248. The van der Waals surface area contributed by atoms with Crippen LogP contribution in [-0.2, 0) is 11.3 Å². The van der Waals surface area contributed by atoms with E-state index >= 15 is 0 Å². The van der Waals surface area contributed by atoms with Crippen molar-refractivity contribution in [3.63, 3.8) is 0 Å². The number of rotatable bonds is 9. The molecule has 8 nitrogen and oxygen atoms in total. The second kappa shape index (κ2) is 11.2. The highest BCUT2D eigenvalue weighted by atomic mass is 79.9. The number of nitrogens with zero attached hydrogens (tertiary/aromatic N) is 3. The average Bonchev–Trinajstić information content (AvgIpc) is 2.59. The Morgan fingerprint density at radius 3 is 2.52 bits per heavy atom. The molecule has 1 aliphatic heterocycles. The number of halogens is 1. The summed E-state index contributed by atoms with van der Waals surface area (Å²) in [6.07, 6.45) is 0.949. The molecule has 6 N–H and O–H groups in total. The molecule has 0 saturated carbocycles. The molecule has 9 heteroatoms. The number of benzene rings is 1. The Labute approximate surface area is 169 Å². The SMILES string of the molecule is CNCCCNC(=O)CN1CCN(Cc2cc(Br)cc(N=C(N)N)c2)CC1. The predicted molar refractivity (Wildman–Crippen MR) is 113 cm³/mol. The summed E-state index contributed by atoms with van der Waals surface area (Å²) in [5.41, 5.74) is 12.8. The van der Waals surface area contributed by atoms with Crippen LogP contribution in [0, 0.1) is 0 Å². The van der Waals surface area contributed by atoms with Crippen molar-refractivity contribution in [3.05, 3.63) is 28.2 Å². The van der Waals surface area contributed by atoms with Gasteiger partial charge in [-0.3, -0.25) is 14.6 Å². The number of carbonyl (C=O) groups is 1. The van der Waals surface area contributed by atoms with Crippen LogP contribution in [0.5, 0.6) is 0 Å². The molecule has 0 bridgehead atoms. The molecule has 1 fully saturated rings. The molecule has 150 valence electrons. The zero-order valence-corrected chi connectivity index (χ0v) is 17.5. The molecule has 1 aromatic carbocycles. The van der Waals surface area contributed by atoms with Crippen molar-refractivity contribution < 1.29 is 4.79 Å². The maximum absolute atomic E-state index is 12.0. The van der Waals surface area contributed by atoms with E-state index in [0.29, 0.717) is 6.54 Å². The Hall–Kier alpha value is -1.68. The molecular formula is C18H30BrN7O. The van der Waals surface area contributed by atoms with Crippen LogP contribution in [0.15, 0.2) is 27.7 Å². The van der Waals surface area contributed by atoms with E-state index in [2.05, 4.69) is 47.4 Å². The van der Waals surface area contributed by atoms with Crippen molar-refractivity contribution in [2.75, 3.05) is 52.9 Å². The van der Waals surface area contributed by atoms with Gasteiger partial charge in [-0.2, -0.15) is 0 Å². The highest BCUT2D eigenvalue weighted by Gasteiger charge is 2.19. The Bertz CT molecular complexity index is 641. The van der Waals surface area contributed by atoms with Gasteiger partial charge in [0.25, 0.3) is 0 Å². The van der Waals surface area contributed by atoms with E-state index in [-0.39, 0.29) is 11.9 Å². The van der Waals surface area contributed by atoms with Crippen molar-refractivity contribution >= 4 is 33.5 Å². The first-order chi connectivity index (χ1) is 13.0. The third-order valence-electron chi connectivity index (χ3n) is 4.36. The summed E-state index contributed by atoms with van der Waals surface area (Å²) >= 11 is 3.51. The van der Waals surface area contributed by atoms with Crippen LogP contribution in [0.1, 0.15) is 12.0 Å². The first-order valence-corrected chi connectivity index (χ1v) is 10.0. The van der Waals surface area contributed by atoms with Gasteiger partial charge in [-0.15, -0.1) is 0 Å². The number of aliphatic imine (C=N–C) groups is 1. The molecule has 1 amide bonds. The van der Waals surface area contributed by atoms with Gasteiger partial charge in [0.05, 0.1) is 12.2 Å². The number of nitrogens with two attached hydrogens (primary N) is 2. The maximum Gasteiger partial charge on any atom is 0.234 e. The van der Waals surface area contributed by atoms with Crippen LogP contribution in [0.2, 0.25) is 0 Å². The van der Waals surface area contributed by atoms with Crippen molar-refractivity contribution in [2.45, 2.75) is 13.0 Å². The lowest BCUT2D eigenvalue weighted by Crippen LogP contribution is -2.49. The summed E-state index contributed by atoms with van der Waals surface area (Å²) < 4.78 is 0.952. The minimum Gasteiger partial charge on any atom is -0.370 e. The van der Waals surface area contributed by atoms with E-state index in [0.717, 1.165) is 68.0 Å². The zero-order chi connectivity index (χ0) is 19.6. The lowest BCUT2D eigenvalue weighted by atomic mass is 10.1. The molecule has 0 radical (unpaired) electrons. The Morgan fingerprint density at radius 1 is 1.15 bits per heavy atom. The topological polar surface area (TPSA) is 112 Å². The third kappa shape index (κ3) is 8.25. The van der Waals surface area contributed by atoms with Crippen molar-refractivity contribution in [1.29, 1.82) is 0 Å². The Morgan fingerprint density at radius 2 is 1.85 bits per heavy atom. The summed E-state index contributed by atoms with van der Waals surface area (Å²) in [6.45, 7) is 6.57. The number of amides is 1. The van der Waals surface area contributed by atoms with Gasteiger partial charge in [-0.1, -0.05) is 15.9 Å². The van der Waals surface area contributed by atoms with Crippen LogP contribution in [0.4, 0.5) is 5.69 Å². The van der Waals surface area contributed by atoms with E-state index in [1.54, 1.807) is 0 Å². The fourth-order valence-corrected chi connectivity index (χ4v) is 3.58. The summed E-state index contributed by atoms with van der Waals surface area (Å²) in [7, 11) is 1.91. The van der Waals surface area contributed by atoms with Crippen molar-refractivity contribution in [1.82, 2.24) is 20.4 Å². The molecule has 1 saturated heterocycles. The minimum atomic E-state index is 0.0527. The normalized spacial score (nSPS) is 15.5. The average molecular weight is 440 g/mol. The maximum atomic E-state index is 12.0. The zero-order valence-electron chi connectivity index (χ0n) is 15.9. The van der Waals surface area contributed by atoms with Crippen LogP contribution < -0.4 is 22.1 Å². The van der Waals surface area contributed by atoms with Crippen LogP contribution >= 0.6 is 15.9 Å². The lowest BCUT2D eigenvalue weighted by Gasteiger charge is -2.34. The van der Waals surface area contributed by atoms with Gasteiger partial charge in [0.15, 0.2) is 5.96 Å². The molecule has 1 aliphatic rings. The first-order valence-electron chi connectivity index (χ1n) is 9.21.